The fraction of sp³-hybridized carbons (Fsp3) is 0.143. The predicted molar refractivity (Wildman–Crippen MR) is 35.5 cm³/mol. The molecule has 1 rings (SSSR count). The minimum atomic E-state index is -4.49. The van der Waals surface area contributed by atoms with Gasteiger partial charge < -0.3 is 4.85 Å². The van der Waals surface area contributed by atoms with Crippen LogP contribution in [0.3, 0.4) is 0 Å². The van der Waals surface area contributed by atoms with Crippen LogP contribution in [0.2, 0.25) is 0 Å². The Bertz CT molecular complexity index is 324. The average Bonchev–Trinajstić information content (AvgIpc) is 2.03. The van der Waals surface area contributed by atoms with Gasteiger partial charge in [-0.15, -0.1) is 4.98 Å². The first-order valence-electron chi connectivity index (χ1n) is 2.95. The fourth-order valence-corrected chi connectivity index (χ4v) is 0.707. The van der Waals surface area contributed by atoms with Crippen LogP contribution in [-0.4, -0.2) is 4.98 Å². The zero-order valence-electron chi connectivity index (χ0n) is 5.76. The van der Waals surface area contributed by atoms with Gasteiger partial charge in [-0.1, -0.05) is 12.6 Å². The van der Waals surface area contributed by atoms with Gasteiger partial charge in [0.05, 0.1) is 5.56 Å². The molecule has 1 aromatic rings. The van der Waals surface area contributed by atoms with E-state index in [0.717, 1.165) is 18.3 Å². The molecule has 0 aromatic carbocycles. The molecule has 0 aliphatic heterocycles. The zero-order valence-corrected chi connectivity index (χ0v) is 5.76. The SMILES string of the molecule is [C-]#[N+]c1ncccc1C(F)(F)F. The smallest absolute Gasteiger partial charge is 0.360 e. The molecule has 0 atom stereocenters. The fourth-order valence-electron chi connectivity index (χ4n) is 0.707. The molecule has 12 heavy (non-hydrogen) atoms. The van der Waals surface area contributed by atoms with Crippen molar-refractivity contribution in [3.63, 3.8) is 0 Å². The third-order valence-electron chi connectivity index (χ3n) is 1.20. The second kappa shape index (κ2) is 2.81. The molecule has 0 unspecified atom stereocenters. The third-order valence-corrected chi connectivity index (χ3v) is 1.20. The number of alkyl halides is 3. The summed E-state index contributed by atoms with van der Waals surface area (Å²) in [5, 5.41) is 0. The summed E-state index contributed by atoms with van der Waals surface area (Å²) >= 11 is 0. The molecule has 5 heteroatoms. The Morgan fingerprint density at radius 2 is 2.08 bits per heavy atom. The highest BCUT2D eigenvalue weighted by Gasteiger charge is 2.33. The number of nitrogens with zero attached hydrogens (tertiary/aromatic N) is 2. The van der Waals surface area contributed by atoms with E-state index in [1.807, 2.05) is 0 Å². The summed E-state index contributed by atoms with van der Waals surface area (Å²) < 4.78 is 36.2. The Morgan fingerprint density at radius 1 is 1.42 bits per heavy atom. The van der Waals surface area contributed by atoms with E-state index in [9.17, 15) is 13.2 Å². The topological polar surface area (TPSA) is 17.2 Å². The summed E-state index contributed by atoms with van der Waals surface area (Å²) in [7, 11) is 0. The molecule has 0 aliphatic carbocycles. The molecule has 0 N–H and O–H groups in total. The van der Waals surface area contributed by atoms with Crippen molar-refractivity contribution in [3.8, 4) is 0 Å². The van der Waals surface area contributed by atoms with Crippen LogP contribution in [0.4, 0.5) is 19.0 Å². The van der Waals surface area contributed by atoms with Gasteiger partial charge >= 0.3 is 6.18 Å². The molecule has 0 fully saturated rings. The van der Waals surface area contributed by atoms with Gasteiger partial charge in [-0.25, -0.2) is 0 Å². The number of aromatic nitrogens is 1. The molecule has 1 aromatic heterocycles. The second-order valence-electron chi connectivity index (χ2n) is 1.98. The van der Waals surface area contributed by atoms with Gasteiger partial charge in [0.25, 0.3) is 5.82 Å². The van der Waals surface area contributed by atoms with Crippen LogP contribution in [0.1, 0.15) is 5.56 Å². The number of pyridine rings is 1. The summed E-state index contributed by atoms with van der Waals surface area (Å²) in [5.41, 5.74) is -0.986. The standard InChI is InChI=1S/C7H3F3N2/c1-11-6-5(7(8,9)10)3-2-4-12-6/h2-4H. The van der Waals surface area contributed by atoms with E-state index >= 15 is 0 Å². The van der Waals surface area contributed by atoms with Gasteiger partial charge in [-0.3, -0.25) is 0 Å². The van der Waals surface area contributed by atoms with Crippen molar-refractivity contribution in [1.29, 1.82) is 0 Å². The minimum Gasteiger partial charge on any atom is -0.360 e. The first kappa shape index (κ1) is 8.53. The van der Waals surface area contributed by atoms with E-state index in [2.05, 4.69) is 9.83 Å². The molecule has 0 saturated heterocycles. The van der Waals surface area contributed by atoms with E-state index in [4.69, 9.17) is 6.57 Å². The van der Waals surface area contributed by atoms with Crippen molar-refractivity contribution in [2.45, 2.75) is 6.18 Å². The van der Waals surface area contributed by atoms with Gasteiger partial charge in [-0.2, -0.15) is 13.2 Å². The van der Waals surface area contributed by atoms with Crippen molar-refractivity contribution >= 4 is 5.82 Å². The Kier molecular flexibility index (Phi) is 2.00. The summed E-state index contributed by atoms with van der Waals surface area (Å²) in [4.78, 5) is 5.95. The lowest BCUT2D eigenvalue weighted by atomic mass is 10.2. The zero-order chi connectivity index (χ0) is 9.19. The van der Waals surface area contributed by atoms with Gasteiger partial charge in [0.15, 0.2) is 0 Å². The summed E-state index contributed by atoms with van der Waals surface area (Å²) in [6, 6.07) is 1.98. The highest BCUT2D eigenvalue weighted by atomic mass is 19.4. The minimum absolute atomic E-state index is 0.606. The largest absolute Gasteiger partial charge is 0.409 e. The lowest BCUT2D eigenvalue weighted by Gasteiger charge is -2.06. The monoisotopic (exact) mass is 172 g/mol. The van der Waals surface area contributed by atoms with E-state index in [-0.39, 0.29) is 0 Å². The van der Waals surface area contributed by atoms with Crippen molar-refractivity contribution < 1.29 is 13.2 Å². The van der Waals surface area contributed by atoms with Gasteiger partial charge in [0, 0.05) is 0 Å². The number of halogens is 3. The molecule has 62 valence electrons. The van der Waals surface area contributed by atoms with E-state index in [1.54, 1.807) is 0 Å². The molecule has 0 saturated carbocycles. The Balaban J connectivity index is 3.26. The highest BCUT2D eigenvalue weighted by Crippen LogP contribution is 2.34. The molecular weight excluding hydrogens is 169 g/mol. The van der Waals surface area contributed by atoms with Crippen LogP contribution in [0.15, 0.2) is 18.3 Å². The molecule has 0 bridgehead atoms. The van der Waals surface area contributed by atoms with Crippen LogP contribution in [0.5, 0.6) is 0 Å². The predicted octanol–water partition coefficient (Wildman–Crippen LogP) is 2.65. The quantitative estimate of drug-likeness (QED) is 0.550. The molecule has 0 spiro atoms. The van der Waals surface area contributed by atoms with Crippen LogP contribution < -0.4 is 0 Å². The Hall–Kier alpha value is -1.57. The van der Waals surface area contributed by atoms with E-state index in [0.29, 0.717) is 0 Å². The van der Waals surface area contributed by atoms with E-state index < -0.39 is 17.6 Å². The molecule has 0 aliphatic rings. The van der Waals surface area contributed by atoms with Crippen LogP contribution in [-0.2, 0) is 6.18 Å². The second-order valence-corrected chi connectivity index (χ2v) is 1.98. The van der Waals surface area contributed by atoms with Crippen LogP contribution >= 0.6 is 0 Å². The molecular formula is C7H3F3N2. The van der Waals surface area contributed by atoms with Crippen molar-refractivity contribution in [2.24, 2.45) is 0 Å². The average molecular weight is 172 g/mol. The molecule has 2 nitrogen and oxygen atoms in total. The summed E-state index contributed by atoms with van der Waals surface area (Å²) in [5.74, 6) is -0.606. The van der Waals surface area contributed by atoms with Crippen LogP contribution in [0.25, 0.3) is 4.85 Å². The van der Waals surface area contributed by atoms with Crippen molar-refractivity contribution in [1.82, 2.24) is 4.98 Å². The number of rotatable bonds is 0. The first-order valence-corrected chi connectivity index (χ1v) is 2.95. The summed E-state index contributed by atoms with van der Waals surface area (Å²) in [6.07, 6.45) is -3.34. The van der Waals surface area contributed by atoms with Gasteiger partial charge in [0.1, 0.15) is 6.20 Å². The maximum absolute atomic E-state index is 12.1. The number of hydrogen-bond donors (Lipinski definition) is 0. The lowest BCUT2D eigenvalue weighted by Crippen LogP contribution is -2.05. The van der Waals surface area contributed by atoms with Gasteiger partial charge in [-0.05, 0) is 6.07 Å². The normalized spacial score (nSPS) is 10.8. The molecule has 0 amide bonds. The van der Waals surface area contributed by atoms with Crippen LogP contribution in [0, 0.1) is 6.57 Å². The lowest BCUT2D eigenvalue weighted by molar-refractivity contribution is -0.137. The Labute approximate surface area is 66.5 Å². The number of hydrogen-bond acceptors (Lipinski definition) is 1. The van der Waals surface area contributed by atoms with E-state index in [1.165, 1.54) is 0 Å². The third kappa shape index (κ3) is 1.53. The Morgan fingerprint density at radius 3 is 2.50 bits per heavy atom. The van der Waals surface area contributed by atoms with Crippen molar-refractivity contribution in [2.75, 3.05) is 0 Å². The maximum Gasteiger partial charge on any atom is 0.409 e. The maximum atomic E-state index is 12.1. The molecule has 1 heterocycles. The summed E-state index contributed by atoms with van der Waals surface area (Å²) in [6.45, 7) is 6.43. The highest BCUT2D eigenvalue weighted by molar-refractivity contribution is 5.46. The van der Waals surface area contributed by atoms with Crippen molar-refractivity contribution in [3.05, 3.63) is 35.3 Å². The van der Waals surface area contributed by atoms with Gasteiger partial charge in [0.2, 0.25) is 0 Å². The molecule has 0 radical (unpaired) electrons. The first-order chi connectivity index (χ1) is 5.55.